The summed E-state index contributed by atoms with van der Waals surface area (Å²) < 4.78 is 1.36. The molecule has 0 N–H and O–H groups in total. The van der Waals surface area contributed by atoms with Crippen molar-refractivity contribution in [2.75, 3.05) is 0 Å². The molecular formula is C10H16BrNS. The third-order valence-corrected chi connectivity index (χ3v) is 5.89. The summed E-state index contributed by atoms with van der Waals surface area (Å²) in [7, 11) is 0. The van der Waals surface area contributed by atoms with Gasteiger partial charge >= 0.3 is 0 Å². The van der Waals surface area contributed by atoms with Crippen molar-refractivity contribution in [3.8, 4) is 0 Å². The number of nitrogens with zero attached hydrogens (tertiary/aromatic N) is 1. The van der Waals surface area contributed by atoms with E-state index in [0.29, 0.717) is 0 Å². The van der Waals surface area contributed by atoms with Crippen molar-refractivity contribution in [3.05, 3.63) is 0 Å². The number of hydrogen-bond donors (Lipinski definition) is 0. The van der Waals surface area contributed by atoms with Gasteiger partial charge in [-0.25, -0.2) is 0 Å². The van der Waals surface area contributed by atoms with Gasteiger partial charge in [0.25, 0.3) is 0 Å². The molecule has 1 fully saturated rings. The van der Waals surface area contributed by atoms with E-state index in [2.05, 4.69) is 29.8 Å². The first-order valence-corrected chi connectivity index (χ1v) is 6.61. The minimum absolute atomic E-state index is 0.206. The average molecular weight is 262 g/mol. The van der Waals surface area contributed by atoms with Crippen LogP contribution in [0, 0.1) is 0 Å². The lowest BCUT2D eigenvalue weighted by molar-refractivity contribution is 0.413. The standard InChI is InChI=1S/C10H16BrNS/c1-9(2)8(11)12-10(13-9)6-4-3-5-7-10/h3-7H2,1-2H3. The minimum Gasteiger partial charge on any atom is -0.263 e. The molecule has 0 aromatic heterocycles. The summed E-state index contributed by atoms with van der Waals surface area (Å²) >= 11 is 5.65. The van der Waals surface area contributed by atoms with Gasteiger partial charge in [0.1, 0.15) is 4.87 Å². The molecule has 0 aromatic rings. The number of halogens is 1. The molecule has 0 amide bonds. The predicted molar refractivity (Wildman–Crippen MR) is 63.8 cm³/mol. The fraction of sp³-hybridized carbons (Fsp3) is 0.900. The molecule has 1 saturated carbocycles. The molecule has 1 heterocycles. The molecule has 1 aliphatic heterocycles. The van der Waals surface area contributed by atoms with Crippen LogP contribution in [0.15, 0.2) is 4.99 Å². The molecule has 1 spiro atoms. The van der Waals surface area contributed by atoms with E-state index in [1.165, 1.54) is 32.1 Å². The lowest BCUT2D eigenvalue weighted by Crippen LogP contribution is -2.26. The van der Waals surface area contributed by atoms with Gasteiger partial charge in [-0.05, 0) is 42.6 Å². The van der Waals surface area contributed by atoms with Crippen LogP contribution in [-0.2, 0) is 0 Å². The average Bonchev–Trinajstić information content (AvgIpc) is 2.23. The zero-order valence-electron chi connectivity index (χ0n) is 8.27. The van der Waals surface area contributed by atoms with Gasteiger partial charge in [0.2, 0.25) is 0 Å². The summed E-state index contributed by atoms with van der Waals surface area (Å²) in [5.74, 6) is 0. The molecule has 1 nitrogen and oxygen atoms in total. The summed E-state index contributed by atoms with van der Waals surface area (Å²) in [5.41, 5.74) is 0. The maximum absolute atomic E-state index is 4.83. The Bertz CT molecular complexity index is 241. The van der Waals surface area contributed by atoms with Gasteiger partial charge in [-0.15, -0.1) is 11.8 Å². The van der Waals surface area contributed by atoms with Gasteiger partial charge in [-0.2, -0.15) is 0 Å². The van der Waals surface area contributed by atoms with Crippen LogP contribution in [-0.4, -0.2) is 14.2 Å². The van der Waals surface area contributed by atoms with Crippen molar-refractivity contribution in [1.82, 2.24) is 0 Å². The summed E-state index contributed by atoms with van der Waals surface area (Å²) in [4.78, 5) is 5.07. The van der Waals surface area contributed by atoms with Crippen molar-refractivity contribution in [2.24, 2.45) is 4.99 Å². The molecule has 0 bridgehead atoms. The monoisotopic (exact) mass is 261 g/mol. The first-order valence-electron chi connectivity index (χ1n) is 5.00. The Morgan fingerprint density at radius 3 is 2.31 bits per heavy atom. The van der Waals surface area contributed by atoms with Gasteiger partial charge in [0.15, 0.2) is 0 Å². The second-order valence-corrected chi connectivity index (χ2v) is 7.26. The highest BCUT2D eigenvalue weighted by molar-refractivity contribution is 9.18. The third-order valence-electron chi connectivity index (χ3n) is 2.88. The maximum Gasteiger partial charge on any atom is 0.108 e. The Labute approximate surface area is 92.9 Å². The predicted octanol–water partition coefficient (Wildman–Crippen LogP) is 3.97. The Kier molecular flexibility index (Phi) is 2.52. The van der Waals surface area contributed by atoms with Crippen LogP contribution in [0.25, 0.3) is 0 Å². The van der Waals surface area contributed by atoms with Crippen LogP contribution in [0.5, 0.6) is 0 Å². The molecule has 3 heteroatoms. The molecule has 0 radical (unpaired) electrons. The number of hydrogen-bond acceptors (Lipinski definition) is 2. The summed E-state index contributed by atoms with van der Waals surface area (Å²) in [5, 5.41) is 0. The van der Waals surface area contributed by atoms with Gasteiger partial charge in [-0.1, -0.05) is 19.3 Å². The summed E-state index contributed by atoms with van der Waals surface area (Å²) in [6.45, 7) is 4.52. The van der Waals surface area contributed by atoms with Crippen LogP contribution in [0.4, 0.5) is 0 Å². The Morgan fingerprint density at radius 2 is 1.85 bits per heavy atom. The van der Waals surface area contributed by atoms with Gasteiger partial charge in [0, 0.05) is 0 Å². The van der Waals surface area contributed by atoms with Crippen LogP contribution in [0.1, 0.15) is 46.0 Å². The number of thioether (sulfide) groups is 1. The van der Waals surface area contributed by atoms with E-state index in [0.717, 1.165) is 4.62 Å². The highest BCUT2D eigenvalue weighted by Crippen LogP contribution is 2.53. The van der Waals surface area contributed by atoms with Crippen molar-refractivity contribution < 1.29 is 0 Å². The first-order chi connectivity index (χ1) is 6.04. The highest BCUT2D eigenvalue weighted by Gasteiger charge is 2.45. The molecule has 1 aliphatic carbocycles. The normalized spacial score (nSPS) is 30.5. The van der Waals surface area contributed by atoms with E-state index in [1.54, 1.807) is 0 Å². The Balaban J connectivity index is 2.19. The number of aliphatic imine (C=N–C) groups is 1. The largest absolute Gasteiger partial charge is 0.263 e. The minimum atomic E-state index is 0.206. The Hall–Kier alpha value is 0.500. The van der Waals surface area contributed by atoms with E-state index in [4.69, 9.17) is 4.99 Å². The summed E-state index contributed by atoms with van der Waals surface area (Å²) in [6.07, 6.45) is 6.65. The van der Waals surface area contributed by atoms with Crippen molar-refractivity contribution >= 4 is 32.3 Å². The number of rotatable bonds is 0. The molecule has 2 rings (SSSR count). The van der Waals surface area contributed by atoms with E-state index in [9.17, 15) is 0 Å². The van der Waals surface area contributed by atoms with Crippen LogP contribution < -0.4 is 0 Å². The van der Waals surface area contributed by atoms with E-state index in [-0.39, 0.29) is 9.62 Å². The zero-order chi connectivity index (χ0) is 9.53. The van der Waals surface area contributed by atoms with E-state index in [1.807, 2.05) is 11.8 Å². The fourth-order valence-electron chi connectivity index (χ4n) is 2.17. The SMILES string of the molecule is CC1(C)SC2(CCCCC2)N=C1Br. The molecule has 0 unspecified atom stereocenters. The topological polar surface area (TPSA) is 12.4 Å². The van der Waals surface area contributed by atoms with E-state index < -0.39 is 0 Å². The fourth-order valence-corrected chi connectivity index (χ4v) is 4.58. The smallest absolute Gasteiger partial charge is 0.108 e. The first kappa shape index (κ1) is 10.0. The third kappa shape index (κ3) is 1.82. The van der Waals surface area contributed by atoms with Crippen LogP contribution >= 0.6 is 27.7 Å². The van der Waals surface area contributed by atoms with Gasteiger partial charge in [-0.3, -0.25) is 4.99 Å². The molecular weight excluding hydrogens is 246 g/mol. The van der Waals surface area contributed by atoms with Crippen molar-refractivity contribution in [1.29, 1.82) is 0 Å². The lowest BCUT2D eigenvalue weighted by Gasteiger charge is -2.31. The molecule has 0 atom stereocenters. The second-order valence-electron chi connectivity index (χ2n) is 4.52. The van der Waals surface area contributed by atoms with Gasteiger partial charge < -0.3 is 0 Å². The van der Waals surface area contributed by atoms with Crippen molar-refractivity contribution in [2.45, 2.75) is 55.6 Å². The van der Waals surface area contributed by atoms with Crippen LogP contribution in [0.2, 0.25) is 0 Å². The molecule has 13 heavy (non-hydrogen) atoms. The molecule has 2 aliphatic rings. The molecule has 0 saturated heterocycles. The highest BCUT2D eigenvalue weighted by atomic mass is 79.9. The zero-order valence-corrected chi connectivity index (χ0v) is 10.7. The van der Waals surface area contributed by atoms with Gasteiger partial charge in [0.05, 0.1) is 9.37 Å². The Morgan fingerprint density at radius 1 is 1.23 bits per heavy atom. The molecule has 74 valence electrons. The van der Waals surface area contributed by atoms with Crippen molar-refractivity contribution in [3.63, 3.8) is 0 Å². The van der Waals surface area contributed by atoms with E-state index >= 15 is 0 Å². The lowest BCUT2D eigenvalue weighted by atomic mass is 9.95. The maximum atomic E-state index is 4.83. The summed E-state index contributed by atoms with van der Waals surface area (Å²) in [6, 6.07) is 0. The second kappa shape index (κ2) is 3.27. The quantitative estimate of drug-likeness (QED) is 0.643. The molecule has 0 aromatic carbocycles. The van der Waals surface area contributed by atoms with Crippen LogP contribution in [0.3, 0.4) is 0 Å².